The van der Waals surface area contributed by atoms with Crippen molar-refractivity contribution >= 4 is 34.3 Å². The highest BCUT2D eigenvalue weighted by Gasteiger charge is 2.22. The zero-order valence-electron chi connectivity index (χ0n) is 14.5. The number of ether oxygens (including phenoxy) is 1. The summed E-state index contributed by atoms with van der Waals surface area (Å²) in [5.74, 6) is -0.000310. The molecule has 0 saturated heterocycles. The number of hydrogen-bond acceptors (Lipinski definition) is 4. The molecular weight excluding hydrogens is 342 g/mol. The molecule has 0 atom stereocenters. The smallest absolute Gasteiger partial charge is 0.343 e. The fourth-order valence-electron chi connectivity index (χ4n) is 3.06. The molecule has 0 radical (unpaired) electrons. The third-order valence-corrected chi connectivity index (χ3v) is 4.41. The van der Waals surface area contributed by atoms with E-state index in [1.807, 2.05) is 37.3 Å². The third kappa shape index (κ3) is 3.35. The number of rotatable bonds is 3. The zero-order chi connectivity index (χ0) is 19.0. The molecule has 0 unspecified atom stereocenters. The first kappa shape index (κ1) is 16.7. The number of non-ortho nitro benzene ring substituents is 1. The average molecular weight is 357 g/mol. The summed E-state index contributed by atoms with van der Waals surface area (Å²) in [6, 6.07) is 18.2. The first-order chi connectivity index (χ1) is 13.0. The molecule has 0 aromatic heterocycles. The van der Waals surface area contributed by atoms with Crippen LogP contribution in [0.3, 0.4) is 0 Å². The van der Waals surface area contributed by atoms with Crippen LogP contribution >= 0.6 is 0 Å². The van der Waals surface area contributed by atoms with E-state index in [1.165, 1.54) is 17.7 Å². The van der Waals surface area contributed by atoms with Crippen molar-refractivity contribution in [3.05, 3.63) is 99.1 Å². The summed E-state index contributed by atoms with van der Waals surface area (Å²) < 4.78 is 5.40. The fourth-order valence-corrected chi connectivity index (χ4v) is 3.06. The summed E-state index contributed by atoms with van der Waals surface area (Å²) >= 11 is 0. The van der Waals surface area contributed by atoms with Crippen molar-refractivity contribution < 1.29 is 14.5 Å². The van der Waals surface area contributed by atoms with Crippen LogP contribution in [0.15, 0.2) is 72.3 Å². The second kappa shape index (κ2) is 6.53. The second-order valence-electron chi connectivity index (χ2n) is 6.42. The Balaban J connectivity index is 1.69. The van der Waals surface area contributed by atoms with Crippen LogP contribution < -0.4 is 0 Å². The number of fused-ring (bicyclic) bond motifs is 1. The minimum Gasteiger partial charge on any atom is -0.422 e. The molecule has 132 valence electrons. The van der Waals surface area contributed by atoms with Crippen LogP contribution in [0.2, 0.25) is 0 Å². The van der Waals surface area contributed by atoms with Crippen LogP contribution in [0.5, 0.6) is 0 Å². The van der Waals surface area contributed by atoms with Gasteiger partial charge in [-0.3, -0.25) is 10.1 Å². The topological polar surface area (TPSA) is 69.4 Å². The molecule has 27 heavy (non-hydrogen) atoms. The van der Waals surface area contributed by atoms with Crippen LogP contribution in [0.25, 0.3) is 22.6 Å². The van der Waals surface area contributed by atoms with Crippen LogP contribution in [0.4, 0.5) is 5.69 Å². The minimum absolute atomic E-state index is 0.0234. The predicted octanol–water partition coefficient (Wildman–Crippen LogP) is 5.04. The quantitative estimate of drug-likeness (QED) is 0.285. The van der Waals surface area contributed by atoms with E-state index in [-0.39, 0.29) is 5.69 Å². The highest BCUT2D eigenvalue weighted by molar-refractivity contribution is 6.05. The zero-order valence-corrected chi connectivity index (χ0v) is 14.5. The highest BCUT2D eigenvalue weighted by atomic mass is 16.6. The number of carbonyl (C=O) groups excluding carboxylic acids is 1. The Kier molecular flexibility index (Phi) is 4.05. The van der Waals surface area contributed by atoms with Crippen molar-refractivity contribution in [2.45, 2.75) is 6.92 Å². The van der Waals surface area contributed by atoms with Crippen molar-refractivity contribution in [1.29, 1.82) is 0 Å². The third-order valence-electron chi connectivity index (χ3n) is 4.41. The molecule has 1 aliphatic heterocycles. The lowest BCUT2D eigenvalue weighted by Crippen LogP contribution is -1.97. The summed E-state index contributed by atoms with van der Waals surface area (Å²) in [7, 11) is 0. The Hall–Kier alpha value is -3.73. The lowest BCUT2D eigenvalue weighted by Gasteiger charge is -2.05. The van der Waals surface area contributed by atoms with E-state index >= 15 is 0 Å². The van der Waals surface area contributed by atoms with Gasteiger partial charge in [0.05, 0.1) is 10.5 Å². The number of cyclic esters (lactones) is 1. The summed E-state index contributed by atoms with van der Waals surface area (Å²) in [5, 5.41) is 13.1. The van der Waals surface area contributed by atoms with E-state index in [1.54, 1.807) is 24.3 Å². The number of nitrogens with zero attached hydrogens (tertiary/aromatic N) is 1. The van der Waals surface area contributed by atoms with Gasteiger partial charge in [-0.2, -0.15) is 0 Å². The van der Waals surface area contributed by atoms with E-state index < -0.39 is 10.9 Å². The number of benzene rings is 3. The van der Waals surface area contributed by atoms with Crippen LogP contribution in [-0.4, -0.2) is 10.9 Å². The van der Waals surface area contributed by atoms with Gasteiger partial charge < -0.3 is 4.74 Å². The van der Waals surface area contributed by atoms with Crippen molar-refractivity contribution in [2.24, 2.45) is 0 Å². The SMILES string of the molecule is Cc1ccc2cc(C3=C/C(=C\c4cccc([N+](=O)[O-])c4)C(=O)O3)ccc2c1. The van der Waals surface area contributed by atoms with E-state index in [0.29, 0.717) is 16.9 Å². The number of aryl methyl sites for hydroxylation is 1. The second-order valence-corrected chi connectivity index (χ2v) is 6.42. The monoisotopic (exact) mass is 357 g/mol. The van der Waals surface area contributed by atoms with Gasteiger partial charge in [0.2, 0.25) is 0 Å². The van der Waals surface area contributed by atoms with Gasteiger partial charge in [-0.25, -0.2) is 4.79 Å². The number of nitro benzene ring substituents is 1. The van der Waals surface area contributed by atoms with E-state index in [2.05, 4.69) is 6.07 Å². The van der Waals surface area contributed by atoms with E-state index in [9.17, 15) is 14.9 Å². The van der Waals surface area contributed by atoms with Gasteiger partial charge in [0.25, 0.3) is 5.69 Å². The van der Waals surface area contributed by atoms with Gasteiger partial charge in [-0.15, -0.1) is 0 Å². The van der Waals surface area contributed by atoms with Gasteiger partial charge >= 0.3 is 5.97 Å². The summed E-state index contributed by atoms with van der Waals surface area (Å²) in [4.78, 5) is 22.6. The lowest BCUT2D eigenvalue weighted by molar-refractivity contribution is -0.384. The van der Waals surface area contributed by atoms with Crippen LogP contribution in [0, 0.1) is 17.0 Å². The Morgan fingerprint density at radius 2 is 1.78 bits per heavy atom. The van der Waals surface area contributed by atoms with E-state index in [0.717, 1.165) is 16.3 Å². The van der Waals surface area contributed by atoms with Crippen LogP contribution in [-0.2, 0) is 9.53 Å². The molecular formula is C22H15NO4. The average Bonchev–Trinajstić information content (AvgIpc) is 3.02. The molecule has 1 aliphatic rings. The van der Waals surface area contributed by atoms with Gasteiger partial charge in [-0.05, 0) is 41.5 Å². The Labute approximate surface area is 155 Å². The first-order valence-electron chi connectivity index (χ1n) is 8.40. The molecule has 0 aliphatic carbocycles. The van der Waals surface area contributed by atoms with Crippen molar-refractivity contribution in [2.75, 3.05) is 0 Å². The molecule has 5 heteroatoms. The molecule has 0 saturated carbocycles. The molecule has 3 aromatic carbocycles. The van der Waals surface area contributed by atoms with Crippen molar-refractivity contribution in [3.63, 3.8) is 0 Å². The maximum atomic E-state index is 12.2. The fraction of sp³-hybridized carbons (Fsp3) is 0.0455. The largest absolute Gasteiger partial charge is 0.422 e. The van der Waals surface area contributed by atoms with E-state index in [4.69, 9.17) is 4.74 Å². The number of esters is 1. The molecule has 1 heterocycles. The number of hydrogen-bond donors (Lipinski definition) is 0. The van der Waals surface area contributed by atoms with Gasteiger partial charge in [0.15, 0.2) is 0 Å². The van der Waals surface area contributed by atoms with Gasteiger partial charge in [0.1, 0.15) is 5.76 Å². The summed E-state index contributed by atoms with van der Waals surface area (Å²) in [6.07, 6.45) is 3.25. The lowest BCUT2D eigenvalue weighted by atomic mass is 10.0. The summed E-state index contributed by atoms with van der Waals surface area (Å²) in [5.41, 5.74) is 2.90. The van der Waals surface area contributed by atoms with Crippen molar-refractivity contribution in [1.82, 2.24) is 0 Å². The molecule has 5 nitrogen and oxygen atoms in total. The molecule has 4 rings (SSSR count). The minimum atomic E-state index is -0.472. The normalized spacial score (nSPS) is 15.1. The maximum absolute atomic E-state index is 12.2. The van der Waals surface area contributed by atoms with Crippen molar-refractivity contribution in [3.8, 4) is 0 Å². The molecule has 0 fully saturated rings. The van der Waals surface area contributed by atoms with Crippen LogP contribution in [0.1, 0.15) is 16.7 Å². The molecule has 0 N–H and O–H groups in total. The Bertz CT molecular complexity index is 1160. The maximum Gasteiger partial charge on any atom is 0.343 e. The van der Waals surface area contributed by atoms with Gasteiger partial charge in [0, 0.05) is 17.7 Å². The number of carbonyl (C=O) groups is 1. The predicted molar refractivity (Wildman–Crippen MR) is 104 cm³/mol. The highest BCUT2D eigenvalue weighted by Crippen LogP contribution is 2.30. The standard InChI is InChI=1S/C22H15NO4/c1-14-5-6-17-12-18(8-7-16(17)9-14)21-13-19(22(24)27-21)10-15-3-2-4-20(11-15)23(25)26/h2-13H,1H3/b19-10+. The number of nitro groups is 1. The Morgan fingerprint density at radius 3 is 2.59 bits per heavy atom. The Morgan fingerprint density at radius 1 is 1.00 bits per heavy atom. The molecule has 0 bridgehead atoms. The molecule has 0 amide bonds. The molecule has 3 aromatic rings. The summed E-state index contributed by atoms with van der Waals surface area (Å²) in [6.45, 7) is 2.04. The first-order valence-corrected chi connectivity index (χ1v) is 8.40. The molecule has 0 spiro atoms. The van der Waals surface area contributed by atoms with Gasteiger partial charge in [-0.1, -0.05) is 48.0 Å².